The average Bonchev–Trinajstić information content (AvgIpc) is 3.37. The third-order valence-electron chi connectivity index (χ3n) is 5.01. The molecule has 0 aliphatic carbocycles. The summed E-state index contributed by atoms with van der Waals surface area (Å²) in [7, 11) is 0. The van der Waals surface area contributed by atoms with Crippen LogP contribution in [0.15, 0.2) is 23.0 Å². The van der Waals surface area contributed by atoms with E-state index in [1.165, 1.54) is 11.3 Å². The fourth-order valence-electron chi connectivity index (χ4n) is 3.34. The van der Waals surface area contributed by atoms with E-state index in [1.807, 2.05) is 30.7 Å². The second-order valence-electron chi connectivity index (χ2n) is 7.29. The maximum Gasteiger partial charge on any atom is 0.267 e. The van der Waals surface area contributed by atoms with Gasteiger partial charge in [0.2, 0.25) is 0 Å². The van der Waals surface area contributed by atoms with Crippen LogP contribution in [0.5, 0.6) is 0 Å². The molecular formula is C20H25N7O2S2. The number of nitrogens with zero attached hydrogens (tertiary/aromatic N) is 5. The van der Waals surface area contributed by atoms with E-state index in [0.717, 1.165) is 43.2 Å². The van der Waals surface area contributed by atoms with E-state index in [-0.39, 0.29) is 12.5 Å². The van der Waals surface area contributed by atoms with Crippen molar-refractivity contribution in [3.05, 3.63) is 39.3 Å². The van der Waals surface area contributed by atoms with Gasteiger partial charge in [-0.15, -0.1) is 11.3 Å². The third kappa shape index (κ3) is 5.37. The maximum absolute atomic E-state index is 12.5. The Labute approximate surface area is 188 Å². The predicted octanol–water partition coefficient (Wildman–Crippen LogP) is 2.72. The Hall–Kier alpha value is -2.60. The summed E-state index contributed by atoms with van der Waals surface area (Å²) in [5.41, 5.74) is 1.87. The Kier molecular flexibility index (Phi) is 6.76. The Balaban J connectivity index is 1.42. The molecule has 0 radical (unpaired) electrons. The molecule has 1 aliphatic heterocycles. The van der Waals surface area contributed by atoms with Crippen LogP contribution in [0.25, 0.3) is 0 Å². The normalized spacial score (nSPS) is 14.6. The second-order valence-corrected chi connectivity index (χ2v) is 9.06. The summed E-state index contributed by atoms with van der Waals surface area (Å²) in [6.45, 7) is 8.19. The lowest BCUT2D eigenvalue weighted by molar-refractivity contribution is 0.103. The van der Waals surface area contributed by atoms with E-state index in [2.05, 4.69) is 35.4 Å². The molecule has 1 aliphatic rings. The highest BCUT2D eigenvalue weighted by Crippen LogP contribution is 2.26. The number of β-amino-alcohol motifs (C(OH)–C–C–N with tert-alkyl or cyclic N) is 1. The summed E-state index contributed by atoms with van der Waals surface area (Å²) >= 11 is 2.84. The molecule has 0 spiro atoms. The van der Waals surface area contributed by atoms with Crippen molar-refractivity contribution in [1.82, 2.24) is 19.9 Å². The van der Waals surface area contributed by atoms with Crippen molar-refractivity contribution in [3.8, 4) is 0 Å². The number of piperazine rings is 1. The fraction of sp³-hybridized carbons (Fsp3) is 0.400. The highest BCUT2D eigenvalue weighted by atomic mass is 32.1. The SMILES string of the molecule is Cc1nc(Nc2ncc(C(=O)Nc3cscc3C)s2)cc(N2CCN(CCO)CC2)n1. The molecule has 3 aromatic heterocycles. The summed E-state index contributed by atoms with van der Waals surface area (Å²) in [6, 6.07) is 1.91. The van der Waals surface area contributed by atoms with Gasteiger partial charge in [0.05, 0.1) is 18.5 Å². The number of aromatic nitrogens is 3. The van der Waals surface area contributed by atoms with Crippen molar-refractivity contribution in [2.45, 2.75) is 13.8 Å². The monoisotopic (exact) mass is 459 g/mol. The number of anilines is 4. The predicted molar refractivity (Wildman–Crippen MR) is 125 cm³/mol. The lowest BCUT2D eigenvalue weighted by Crippen LogP contribution is -2.47. The minimum atomic E-state index is -0.174. The van der Waals surface area contributed by atoms with Crippen LogP contribution in [0.2, 0.25) is 0 Å². The van der Waals surface area contributed by atoms with Crippen molar-refractivity contribution in [2.75, 3.05) is 54.9 Å². The molecule has 31 heavy (non-hydrogen) atoms. The van der Waals surface area contributed by atoms with E-state index in [9.17, 15) is 4.79 Å². The number of aliphatic hydroxyl groups excluding tert-OH is 1. The topological polar surface area (TPSA) is 107 Å². The Morgan fingerprint density at radius 3 is 2.71 bits per heavy atom. The van der Waals surface area contributed by atoms with Gasteiger partial charge in [0.1, 0.15) is 22.3 Å². The molecule has 0 aromatic carbocycles. The van der Waals surface area contributed by atoms with Crippen LogP contribution in [0.1, 0.15) is 21.1 Å². The number of thiazole rings is 1. The Bertz CT molecular complexity index is 1040. The number of carbonyl (C=O) groups excluding carboxylic acids is 1. The fourth-order valence-corrected chi connectivity index (χ4v) is 4.84. The number of hydrogen-bond acceptors (Lipinski definition) is 10. The van der Waals surface area contributed by atoms with E-state index in [0.29, 0.717) is 28.2 Å². The van der Waals surface area contributed by atoms with Gasteiger partial charge in [-0.1, -0.05) is 11.3 Å². The number of rotatable bonds is 7. The van der Waals surface area contributed by atoms with E-state index < -0.39 is 0 Å². The van der Waals surface area contributed by atoms with E-state index in [1.54, 1.807) is 17.5 Å². The van der Waals surface area contributed by atoms with Crippen LogP contribution >= 0.6 is 22.7 Å². The van der Waals surface area contributed by atoms with Crippen molar-refractivity contribution >= 4 is 51.0 Å². The van der Waals surface area contributed by atoms with Gasteiger partial charge in [0, 0.05) is 44.2 Å². The number of aliphatic hydroxyl groups is 1. The first-order chi connectivity index (χ1) is 15.0. The summed E-state index contributed by atoms with van der Waals surface area (Å²) in [6.07, 6.45) is 1.57. The van der Waals surface area contributed by atoms with E-state index in [4.69, 9.17) is 5.11 Å². The first-order valence-corrected chi connectivity index (χ1v) is 11.8. The molecule has 9 nitrogen and oxygen atoms in total. The van der Waals surface area contributed by atoms with Crippen molar-refractivity contribution < 1.29 is 9.90 Å². The smallest absolute Gasteiger partial charge is 0.267 e. The van der Waals surface area contributed by atoms with Gasteiger partial charge < -0.3 is 20.6 Å². The van der Waals surface area contributed by atoms with Crippen LogP contribution in [-0.2, 0) is 0 Å². The summed E-state index contributed by atoms with van der Waals surface area (Å²) < 4.78 is 0. The van der Waals surface area contributed by atoms with Gasteiger partial charge in [-0.2, -0.15) is 0 Å². The molecule has 4 rings (SSSR count). The molecule has 3 N–H and O–H groups in total. The second kappa shape index (κ2) is 9.69. The molecule has 1 fully saturated rings. The van der Waals surface area contributed by atoms with Crippen LogP contribution in [0.3, 0.4) is 0 Å². The van der Waals surface area contributed by atoms with Crippen LogP contribution < -0.4 is 15.5 Å². The molecule has 0 unspecified atom stereocenters. The molecular weight excluding hydrogens is 434 g/mol. The molecule has 4 heterocycles. The molecule has 3 aromatic rings. The maximum atomic E-state index is 12.5. The zero-order chi connectivity index (χ0) is 21.8. The number of thiophene rings is 1. The van der Waals surface area contributed by atoms with Crippen LogP contribution in [0.4, 0.5) is 22.5 Å². The van der Waals surface area contributed by atoms with Gasteiger partial charge in [-0.25, -0.2) is 15.0 Å². The van der Waals surface area contributed by atoms with E-state index >= 15 is 0 Å². The standard InChI is InChI=1S/C20H25N7O2S2/c1-13-11-30-12-15(13)24-19(29)16-10-21-20(31-16)25-17-9-18(23-14(2)22-17)27-5-3-26(4-6-27)7-8-28/h9-12,28H,3-8H2,1-2H3,(H,24,29)(H,21,22,23,25). The molecule has 0 atom stereocenters. The number of aryl methyl sites for hydroxylation is 2. The van der Waals surface area contributed by atoms with Gasteiger partial charge in [0.15, 0.2) is 5.13 Å². The largest absolute Gasteiger partial charge is 0.395 e. The average molecular weight is 460 g/mol. The van der Waals surface area contributed by atoms with Gasteiger partial charge in [-0.05, 0) is 24.8 Å². The van der Waals surface area contributed by atoms with Crippen molar-refractivity contribution in [3.63, 3.8) is 0 Å². The molecule has 0 bridgehead atoms. The zero-order valence-corrected chi connectivity index (χ0v) is 19.1. The number of nitrogens with one attached hydrogen (secondary N) is 2. The first kappa shape index (κ1) is 21.6. The molecule has 164 valence electrons. The first-order valence-electron chi connectivity index (χ1n) is 10.0. The molecule has 1 saturated heterocycles. The zero-order valence-electron chi connectivity index (χ0n) is 17.5. The summed E-state index contributed by atoms with van der Waals surface area (Å²) in [4.78, 5) is 30.9. The third-order valence-corrected chi connectivity index (χ3v) is 6.78. The van der Waals surface area contributed by atoms with Gasteiger partial charge in [0.25, 0.3) is 5.91 Å². The quantitative estimate of drug-likeness (QED) is 0.495. The lowest BCUT2D eigenvalue weighted by Gasteiger charge is -2.35. The minimum Gasteiger partial charge on any atom is -0.395 e. The number of hydrogen-bond donors (Lipinski definition) is 3. The van der Waals surface area contributed by atoms with Gasteiger partial charge in [-0.3, -0.25) is 9.69 Å². The lowest BCUT2D eigenvalue weighted by atomic mass is 10.3. The van der Waals surface area contributed by atoms with Gasteiger partial charge >= 0.3 is 0 Å². The van der Waals surface area contributed by atoms with Crippen LogP contribution in [0, 0.1) is 13.8 Å². The van der Waals surface area contributed by atoms with Crippen LogP contribution in [-0.4, -0.2) is 70.2 Å². The highest BCUT2D eigenvalue weighted by molar-refractivity contribution is 7.17. The minimum absolute atomic E-state index is 0.174. The van der Waals surface area contributed by atoms with Crippen molar-refractivity contribution in [1.29, 1.82) is 0 Å². The molecule has 1 amide bonds. The Morgan fingerprint density at radius 1 is 1.19 bits per heavy atom. The number of carbonyl (C=O) groups is 1. The Morgan fingerprint density at radius 2 is 2.00 bits per heavy atom. The summed E-state index contributed by atoms with van der Waals surface area (Å²) in [5.74, 6) is 2.00. The summed E-state index contributed by atoms with van der Waals surface area (Å²) in [5, 5.41) is 19.8. The number of amides is 1. The highest BCUT2D eigenvalue weighted by Gasteiger charge is 2.19. The molecule has 11 heteroatoms. The van der Waals surface area contributed by atoms with Crippen molar-refractivity contribution in [2.24, 2.45) is 0 Å². The molecule has 0 saturated carbocycles.